The fraction of sp³-hybridized carbons (Fsp3) is 0.267. The molecule has 7 nitrogen and oxygen atoms in total. The first-order valence-corrected chi connectivity index (χ1v) is 12.5. The Morgan fingerprint density at radius 3 is 1.89 bits per heavy atom. The molecule has 0 saturated carbocycles. The highest BCUT2D eigenvalue weighted by atomic mass is 16.2. The Hall–Kier alpha value is -4.26. The minimum atomic E-state index is -1.12. The predicted octanol–water partition coefficient (Wildman–Crippen LogP) is 4.54. The van der Waals surface area contributed by atoms with Gasteiger partial charge in [0, 0.05) is 6.42 Å². The third-order valence-corrected chi connectivity index (χ3v) is 6.58. The number of hydrogen-bond donors (Lipinski definition) is 1. The van der Waals surface area contributed by atoms with Crippen LogP contribution in [0.1, 0.15) is 62.1 Å². The second-order valence-electron chi connectivity index (χ2n) is 9.38. The summed E-state index contributed by atoms with van der Waals surface area (Å²) < 4.78 is 0. The molecule has 1 fully saturated rings. The lowest BCUT2D eigenvalue weighted by Crippen LogP contribution is -2.55. The molecule has 0 spiro atoms. The summed E-state index contributed by atoms with van der Waals surface area (Å²) in [4.78, 5) is 54.1. The molecular formula is C30H31N3O4. The Labute approximate surface area is 217 Å². The number of nitrogens with one attached hydrogen (secondary N) is 1. The van der Waals surface area contributed by atoms with Crippen LogP contribution in [0.4, 0.5) is 5.69 Å². The zero-order valence-electron chi connectivity index (χ0n) is 21.3. The molecule has 0 bridgehead atoms. The molecule has 1 saturated heterocycles. The van der Waals surface area contributed by atoms with Crippen molar-refractivity contribution in [2.75, 3.05) is 4.90 Å². The van der Waals surface area contributed by atoms with E-state index in [9.17, 15) is 19.2 Å². The molecule has 1 aliphatic heterocycles. The number of imide groups is 1. The van der Waals surface area contributed by atoms with Crippen LogP contribution in [0.15, 0.2) is 84.9 Å². The van der Waals surface area contributed by atoms with E-state index in [0.29, 0.717) is 11.6 Å². The van der Waals surface area contributed by atoms with Gasteiger partial charge in [-0.2, -0.15) is 0 Å². The first-order chi connectivity index (χ1) is 17.8. The molecule has 0 radical (unpaired) electrons. The first kappa shape index (κ1) is 25.8. The first-order valence-electron chi connectivity index (χ1n) is 12.5. The molecule has 0 aliphatic carbocycles. The maximum absolute atomic E-state index is 13.7. The molecule has 1 aliphatic rings. The molecule has 4 amide bonds. The Bertz CT molecular complexity index is 1230. The van der Waals surface area contributed by atoms with Crippen molar-refractivity contribution in [1.29, 1.82) is 0 Å². The zero-order chi connectivity index (χ0) is 26.5. The summed E-state index contributed by atoms with van der Waals surface area (Å²) in [5.41, 5.74) is 5.72. The molecule has 190 valence electrons. The topological polar surface area (TPSA) is 86.8 Å². The quantitative estimate of drug-likeness (QED) is 0.383. The van der Waals surface area contributed by atoms with Crippen molar-refractivity contribution < 1.29 is 19.2 Å². The van der Waals surface area contributed by atoms with E-state index in [1.54, 1.807) is 19.1 Å². The minimum Gasteiger partial charge on any atom is -0.274 e. The lowest BCUT2D eigenvalue weighted by molar-refractivity contribution is -0.147. The lowest BCUT2D eigenvalue weighted by Gasteiger charge is -2.29. The van der Waals surface area contributed by atoms with Gasteiger partial charge in [0.05, 0.1) is 18.0 Å². The summed E-state index contributed by atoms with van der Waals surface area (Å²) in [6, 6.07) is 24.6. The number of carbonyl (C=O) groups excluding carboxylic acids is 4. The predicted molar refractivity (Wildman–Crippen MR) is 141 cm³/mol. The van der Waals surface area contributed by atoms with Crippen LogP contribution in [0.5, 0.6) is 0 Å². The number of carbonyl (C=O) groups is 4. The fourth-order valence-corrected chi connectivity index (χ4v) is 4.55. The van der Waals surface area contributed by atoms with Crippen molar-refractivity contribution in [1.82, 2.24) is 10.4 Å². The lowest BCUT2D eigenvalue weighted by atomic mass is 9.91. The summed E-state index contributed by atoms with van der Waals surface area (Å²) in [5, 5.41) is 1.05. The number of rotatable bonds is 7. The average molecular weight is 498 g/mol. The van der Waals surface area contributed by atoms with E-state index in [1.807, 2.05) is 72.8 Å². The monoisotopic (exact) mass is 497 g/mol. The molecule has 3 aromatic carbocycles. The molecule has 0 aromatic heterocycles. The highest BCUT2D eigenvalue weighted by Gasteiger charge is 2.45. The second-order valence-corrected chi connectivity index (χ2v) is 9.38. The third kappa shape index (κ3) is 5.45. The smallest absolute Gasteiger partial charge is 0.259 e. The SMILES string of the molecule is CCC(=O)N(NC(=O)C(c1ccccc1)c1ccccc1)C1CC(=O)N(c2ccc(C(C)C)cc2)C1=O. The van der Waals surface area contributed by atoms with Gasteiger partial charge in [-0.05, 0) is 34.7 Å². The van der Waals surface area contributed by atoms with Crippen LogP contribution in [-0.4, -0.2) is 34.7 Å². The number of hydrogen-bond acceptors (Lipinski definition) is 4. The maximum atomic E-state index is 13.7. The van der Waals surface area contributed by atoms with E-state index in [4.69, 9.17) is 0 Å². The maximum Gasteiger partial charge on any atom is 0.259 e. The normalized spacial score (nSPS) is 15.4. The van der Waals surface area contributed by atoms with Gasteiger partial charge in [0.15, 0.2) is 0 Å². The second kappa shape index (κ2) is 11.2. The molecule has 1 N–H and O–H groups in total. The zero-order valence-corrected chi connectivity index (χ0v) is 21.3. The highest BCUT2D eigenvalue weighted by Crippen LogP contribution is 2.29. The van der Waals surface area contributed by atoms with Crippen molar-refractivity contribution in [2.24, 2.45) is 0 Å². The van der Waals surface area contributed by atoms with E-state index in [-0.39, 0.29) is 12.8 Å². The minimum absolute atomic E-state index is 0.0582. The van der Waals surface area contributed by atoms with Gasteiger partial charge >= 0.3 is 0 Å². The van der Waals surface area contributed by atoms with Crippen LogP contribution >= 0.6 is 0 Å². The molecule has 4 rings (SSSR count). The Balaban J connectivity index is 1.62. The van der Waals surface area contributed by atoms with E-state index >= 15 is 0 Å². The molecule has 37 heavy (non-hydrogen) atoms. The van der Waals surface area contributed by atoms with Gasteiger partial charge in [-0.1, -0.05) is 93.6 Å². The summed E-state index contributed by atoms with van der Waals surface area (Å²) in [6.45, 7) is 5.77. The average Bonchev–Trinajstić information content (AvgIpc) is 3.21. The number of anilines is 1. The van der Waals surface area contributed by atoms with Gasteiger partial charge in [-0.25, -0.2) is 9.91 Å². The van der Waals surface area contributed by atoms with Gasteiger partial charge in [-0.3, -0.25) is 24.6 Å². The van der Waals surface area contributed by atoms with E-state index < -0.39 is 35.6 Å². The van der Waals surface area contributed by atoms with E-state index in [1.165, 1.54) is 0 Å². The fourth-order valence-electron chi connectivity index (χ4n) is 4.55. The summed E-state index contributed by atoms with van der Waals surface area (Å²) in [5.74, 6) is -2.27. The number of benzene rings is 3. The van der Waals surface area contributed by atoms with Crippen LogP contribution in [0.2, 0.25) is 0 Å². The number of nitrogens with zero attached hydrogens (tertiary/aromatic N) is 2. The van der Waals surface area contributed by atoms with Crippen molar-refractivity contribution >= 4 is 29.3 Å². The van der Waals surface area contributed by atoms with E-state index in [0.717, 1.165) is 26.6 Å². The Morgan fingerprint density at radius 2 is 1.41 bits per heavy atom. The Kier molecular flexibility index (Phi) is 7.82. The van der Waals surface area contributed by atoms with Gasteiger partial charge < -0.3 is 0 Å². The molecule has 1 unspecified atom stereocenters. The molecule has 7 heteroatoms. The Morgan fingerprint density at radius 1 is 0.865 bits per heavy atom. The van der Waals surface area contributed by atoms with Gasteiger partial charge in [0.25, 0.3) is 11.8 Å². The summed E-state index contributed by atoms with van der Waals surface area (Å²) in [6.07, 6.45) is -0.152. The largest absolute Gasteiger partial charge is 0.274 e. The van der Waals surface area contributed by atoms with Gasteiger partial charge in [0.1, 0.15) is 6.04 Å². The molecule has 1 heterocycles. The third-order valence-electron chi connectivity index (χ3n) is 6.58. The summed E-state index contributed by atoms with van der Waals surface area (Å²) >= 11 is 0. The van der Waals surface area contributed by atoms with Crippen LogP contribution in [0, 0.1) is 0 Å². The number of hydrazine groups is 1. The van der Waals surface area contributed by atoms with Gasteiger partial charge in [0.2, 0.25) is 11.8 Å². The van der Waals surface area contributed by atoms with Gasteiger partial charge in [-0.15, -0.1) is 0 Å². The van der Waals surface area contributed by atoms with Crippen molar-refractivity contribution in [3.05, 3.63) is 102 Å². The van der Waals surface area contributed by atoms with Crippen molar-refractivity contribution in [2.45, 2.75) is 51.5 Å². The van der Waals surface area contributed by atoms with Crippen LogP contribution in [0.25, 0.3) is 0 Å². The van der Waals surface area contributed by atoms with Crippen LogP contribution in [0.3, 0.4) is 0 Å². The molecular weight excluding hydrogens is 466 g/mol. The summed E-state index contributed by atoms with van der Waals surface area (Å²) in [7, 11) is 0. The standard InChI is InChI=1S/C30H31N3O4/c1-4-26(34)33(25-19-27(35)32(30(25)37)24-17-15-21(16-18-24)20(2)3)31-29(36)28(22-11-7-5-8-12-22)23-13-9-6-10-14-23/h5-18,20,25,28H,4,19H2,1-3H3,(H,31,36). The van der Waals surface area contributed by atoms with Crippen molar-refractivity contribution in [3.63, 3.8) is 0 Å². The molecule has 1 atom stereocenters. The van der Waals surface area contributed by atoms with Crippen LogP contribution in [-0.2, 0) is 19.2 Å². The molecule has 3 aromatic rings. The van der Waals surface area contributed by atoms with Crippen LogP contribution < -0.4 is 10.3 Å². The highest BCUT2D eigenvalue weighted by molar-refractivity contribution is 6.23. The van der Waals surface area contributed by atoms with Crippen molar-refractivity contribution in [3.8, 4) is 0 Å². The van der Waals surface area contributed by atoms with E-state index in [2.05, 4.69) is 19.3 Å². The number of amides is 4.